The summed E-state index contributed by atoms with van der Waals surface area (Å²) in [6, 6.07) is 7.21. The van der Waals surface area contributed by atoms with Crippen LogP contribution in [-0.2, 0) is 0 Å². The number of rotatable bonds is 3. The molecule has 0 aliphatic heterocycles. The minimum atomic E-state index is -0.869. The zero-order valence-electron chi connectivity index (χ0n) is 9.79. The number of hydrogen-bond acceptors (Lipinski definition) is 4. The lowest BCUT2D eigenvalue weighted by Crippen LogP contribution is -2.06. The highest BCUT2D eigenvalue weighted by Crippen LogP contribution is 2.26. The van der Waals surface area contributed by atoms with Gasteiger partial charge in [-0.15, -0.1) is 0 Å². The molecule has 4 heteroatoms. The maximum Gasteiger partial charge on any atom is 0.143 e. The van der Waals surface area contributed by atoms with E-state index in [0.29, 0.717) is 17.1 Å². The third-order valence-corrected chi connectivity index (χ3v) is 2.49. The fourth-order valence-corrected chi connectivity index (χ4v) is 1.56. The summed E-state index contributed by atoms with van der Waals surface area (Å²) in [6.45, 7) is 1.95. The van der Waals surface area contributed by atoms with Crippen LogP contribution in [-0.4, -0.2) is 22.2 Å². The summed E-state index contributed by atoms with van der Waals surface area (Å²) in [4.78, 5) is 8.32. The standard InChI is InChI=1S/C13H14N2O2/c1-9-5-6-10(15-8-9)13(16)12-11(17-2)4-3-7-14-12/h3-8,13,16H,1-2H3. The van der Waals surface area contributed by atoms with Crippen LogP contribution in [0.4, 0.5) is 0 Å². The van der Waals surface area contributed by atoms with Crippen molar-refractivity contribution in [2.24, 2.45) is 0 Å². The molecule has 0 amide bonds. The number of nitrogens with zero attached hydrogens (tertiary/aromatic N) is 2. The van der Waals surface area contributed by atoms with Crippen molar-refractivity contribution in [3.05, 3.63) is 53.6 Å². The second-order valence-electron chi connectivity index (χ2n) is 3.75. The van der Waals surface area contributed by atoms with Crippen LogP contribution in [0.5, 0.6) is 5.75 Å². The minimum absolute atomic E-state index is 0.478. The molecule has 0 saturated carbocycles. The minimum Gasteiger partial charge on any atom is -0.495 e. The van der Waals surface area contributed by atoms with Crippen LogP contribution >= 0.6 is 0 Å². The van der Waals surface area contributed by atoms with Crippen LogP contribution in [0.25, 0.3) is 0 Å². The van der Waals surface area contributed by atoms with Crippen molar-refractivity contribution in [3.8, 4) is 5.75 Å². The van der Waals surface area contributed by atoms with Gasteiger partial charge in [0.05, 0.1) is 12.8 Å². The van der Waals surface area contributed by atoms with Crippen LogP contribution in [0.2, 0.25) is 0 Å². The molecular formula is C13H14N2O2. The van der Waals surface area contributed by atoms with Crippen LogP contribution in [0.3, 0.4) is 0 Å². The van der Waals surface area contributed by atoms with Gasteiger partial charge in [-0.1, -0.05) is 6.07 Å². The van der Waals surface area contributed by atoms with Gasteiger partial charge in [-0.25, -0.2) is 0 Å². The van der Waals surface area contributed by atoms with Crippen LogP contribution in [0, 0.1) is 6.92 Å². The largest absolute Gasteiger partial charge is 0.495 e. The normalized spacial score (nSPS) is 12.2. The van der Waals surface area contributed by atoms with Crippen molar-refractivity contribution in [2.75, 3.05) is 7.11 Å². The third-order valence-electron chi connectivity index (χ3n) is 2.49. The average Bonchev–Trinajstić information content (AvgIpc) is 2.39. The molecule has 0 spiro atoms. The summed E-state index contributed by atoms with van der Waals surface area (Å²) in [6.07, 6.45) is 2.47. The molecular weight excluding hydrogens is 216 g/mol. The maximum absolute atomic E-state index is 10.2. The highest BCUT2D eigenvalue weighted by Gasteiger charge is 2.17. The number of ether oxygens (including phenoxy) is 1. The zero-order chi connectivity index (χ0) is 12.3. The first-order valence-electron chi connectivity index (χ1n) is 5.32. The highest BCUT2D eigenvalue weighted by atomic mass is 16.5. The van der Waals surface area contributed by atoms with Gasteiger partial charge in [0.15, 0.2) is 0 Å². The van der Waals surface area contributed by atoms with Crippen molar-refractivity contribution in [2.45, 2.75) is 13.0 Å². The Labute approximate surface area is 99.9 Å². The van der Waals surface area contributed by atoms with Crippen molar-refractivity contribution < 1.29 is 9.84 Å². The van der Waals surface area contributed by atoms with Crippen molar-refractivity contribution in [1.82, 2.24) is 9.97 Å². The first kappa shape index (κ1) is 11.5. The first-order valence-corrected chi connectivity index (χ1v) is 5.32. The molecule has 88 valence electrons. The number of pyridine rings is 2. The molecule has 0 fully saturated rings. The Balaban J connectivity index is 2.36. The van der Waals surface area contributed by atoms with Gasteiger partial charge < -0.3 is 9.84 Å². The first-order chi connectivity index (χ1) is 8.22. The molecule has 0 aromatic carbocycles. The van der Waals surface area contributed by atoms with Crippen LogP contribution in [0.1, 0.15) is 23.1 Å². The van der Waals surface area contributed by atoms with E-state index >= 15 is 0 Å². The Bertz CT molecular complexity index is 497. The van der Waals surface area contributed by atoms with E-state index in [4.69, 9.17) is 4.74 Å². The molecule has 4 nitrogen and oxygen atoms in total. The number of aromatic nitrogens is 2. The number of hydrogen-bond donors (Lipinski definition) is 1. The molecule has 2 rings (SSSR count). The molecule has 1 atom stereocenters. The Morgan fingerprint density at radius 2 is 2.06 bits per heavy atom. The van der Waals surface area contributed by atoms with E-state index in [1.54, 1.807) is 37.7 Å². The number of methoxy groups -OCH3 is 1. The lowest BCUT2D eigenvalue weighted by atomic mass is 10.1. The van der Waals surface area contributed by atoms with E-state index in [-0.39, 0.29) is 0 Å². The van der Waals surface area contributed by atoms with Gasteiger partial charge in [0.25, 0.3) is 0 Å². The van der Waals surface area contributed by atoms with Crippen molar-refractivity contribution in [3.63, 3.8) is 0 Å². The average molecular weight is 230 g/mol. The summed E-state index contributed by atoms with van der Waals surface area (Å²) < 4.78 is 5.16. The van der Waals surface area contributed by atoms with Gasteiger partial charge in [0.2, 0.25) is 0 Å². The van der Waals surface area contributed by atoms with Gasteiger partial charge >= 0.3 is 0 Å². The molecule has 17 heavy (non-hydrogen) atoms. The Morgan fingerprint density at radius 1 is 1.24 bits per heavy atom. The predicted molar refractivity (Wildman–Crippen MR) is 63.8 cm³/mol. The van der Waals surface area contributed by atoms with E-state index in [2.05, 4.69) is 9.97 Å². The zero-order valence-corrected chi connectivity index (χ0v) is 9.79. The van der Waals surface area contributed by atoms with E-state index in [0.717, 1.165) is 5.56 Å². The molecule has 0 aliphatic carbocycles. The maximum atomic E-state index is 10.2. The summed E-state index contributed by atoms with van der Waals surface area (Å²) in [5.41, 5.74) is 2.09. The second-order valence-corrected chi connectivity index (χ2v) is 3.75. The molecule has 0 radical (unpaired) electrons. The quantitative estimate of drug-likeness (QED) is 0.874. The highest BCUT2D eigenvalue weighted by molar-refractivity contribution is 5.33. The summed E-state index contributed by atoms with van der Waals surface area (Å²) in [7, 11) is 1.55. The fraction of sp³-hybridized carbons (Fsp3) is 0.231. The summed E-state index contributed by atoms with van der Waals surface area (Å²) >= 11 is 0. The summed E-state index contributed by atoms with van der Waals surface area (Å²) in [5.74, 6) is 0.558. The van der Waals surface area contributed by atoms with Gasteiger partial charge in [-0.05, 0) is 30.7 Å². The molecule has 2 heterocycles. The summed E-state index contributed by atoms with van der Waals surface area (Å²) in [5, 5.41) is 10.2. The molecule has 0 saturated heterocycles. The Hall–Kier alpha value is -1.94. The molecule has 0 bridgehead atoms. The number of aliphatic hydroxyl groups is 1. The fourth-order valence-electron chi connectivity index (χ4n) is 1.56. The van der Waals surface area contributed by atoms with Gasteiger partial charge in [0, 0.05) is 12.4 Å². The smallest absolute Gasteiger partial charge is 0.143 e. The van der Waals surface area contributed by atoms with Gasteiger partial charge in [-0.2, -0.15) is 0 Å². The molecule has 2 aromatic rings. The Morgan fingerprint density at radius 3 is 2.71 bits per heavy atom. The van der Waals surface area contributed by atoms with Gasteiger partial charge in [-0.3, -0.25) is 9.97 Å². The third kappa shape index (κ3) is 2.42. The number of aliphatic hydroxyl groups excluding tert-OH is 1. The van der Waals surface area contributed by atoms with Crippen molar-refractivity contribution >= 4 is 0 Å². The second kappa shape index (κ2) is 4.93. The number of aryl methyl sites for hydroxylation is 1. The predicted octanol–water partition coefficient (Wildman–Crippen LogP) is 1.88. The van der Waals surface area contributed by atoms with E-state index in [1.807, 2.05) is 13.0 Å². The molecule has 1 N–H and O–H groups in total. The monoisotopic (exact) mass is 230 g/mol. The van der Waals surface area contributed by atoms with E-state index in [9.17, 15) is 5.11 Å². The Kier molecular flexibility index (Phi) is 3.35. The molecule has 0 aliphatic rings. The molecule has 2 aromatic heterocycles. The SMILES string of the molecule is COc1cccnc1C(O)c1ccc(C)cn1. The molecule has 1 unspecified atom stereocenters. The van der Waals surface area contributed by atoms with Crippen molar-refractivity contribution in [1.29, 1.82) is 0 Å². The van der Waals surface area contributed by atoms with Gasteiger partial charge in [0.1, 0.15) is 17.5 Å². The topological polar surface area (TPSA) is 55.2 Å². The van der Waals surface area contributed by atoms with Crippen LogP contribution < -0.4 is 4.74 Å². The lowest BCUT2D eigenvalue weighted by molar-refractivity contribution is 0.204. The lowest BCUT2D eigenvalue weighted by Gasteiger charge is -2.12. The van der Waals surface area contributed by atoms with Crippen LogP contribution in [0.15, 0.2) is 36.7 Å². The van der Waals surface area contributed by atoms with E-state index in [1.165, 1.54) is 0 Å². The van der Waals surface area contributed by atoms with E-state index < -0.39 is 6.10 Å².